The number of benzene rings is 2. The zero-order valence-corrected chi connectivity index (χ0v) is 12.1. The molecule has 2 aromatic carbocycles. The van der Waals surface area contributed by atoms with Crippen molar-refractivity contribution in [3.05, 3.63) is 36.4 Å². The molecule has 2 aromatic rings. The third-order valence-electron chi connectivity index (χ3n) is 2.56. The minimum atomic E-state index is 1.28. The molecular weight excluding hydrogens is 226 g/mol. The minimum Gasteiger partial charge on any atom is -0.377 e. The summed E-state index contributed by atoms with van der Waals surface area (Å²) in [7, 11) is 4.17. The van der Waals surface area contributed by atoms with Gasteiger partial charge in [0.15, 0.2) is 0 Å². The Morgan fingerprint density at radius 1 is 0.882 bits per heavy atom. The molecule has 0 saturated heterocycles. The number of hydrogen-bond acceptors (Lipinski definition) is 2. The lowest BCUT2D eigenvalue weighted by Crippen LogP contribution is -2.08. The predicted octanol–water partition coefficient (Wildman–Crippen LogP) is 4.65. The van der Waals surface area contributed by atoms with Crippen LogP contribution in [0.25, 0.3) is 10.8 Å². The molecule has 17 heavy (non-hydrogen) atoms. The molecule has 0 aliphatic heterocycles. The van der Waals surface area contributed by atoms with Crippen LogP contribution in [0.2, 0.25) is 0 Å². The van der Waals surface area contributed by atoms with Crippen molar-refractivity contribution < 1.29 is 0 Å². The Morgan fingerprint density at radius 3 is 2.06 bits per heavy atom. The SMILES string of the molecule is CC.CSc1cccc2c(N(C)C)cccc12. The molecule has 0 aromatic heterocycles. The van der Waals surface area contributed by atoms with Crippen LogP contribution in [-0.4, -0.2) is 20.4 Å². The Hall–Kier alpha value is -1.15. The highest BCUT2D eigenvalue weighted by Crippen LogP contribution is 2.31. The van der Waals surface area contributed by atoms with E-state index in [2.05, 4.69) is 61.6 Å². The van der Waals surface area contributed by atoms with Crippen molar-refractivity contribution in [2.45, 2.75) is 18.7 Å². The normalized spacial score (nSPS) is 9.71. The van der Waals surface area contributed by atoms with Gasteiger partial charge in [0.05, 0.1) is 0 Å². The van der Waals surface area contributed by atoms with Gasteiger partial charge in [-0.25, -0.2) is 0 Å². The van der Waals surface area contributed by atoms with Crippen LogP contribution in [-0.2, 0) is 0 Å². The van der Waals surface area contributed by atoms with Crippen molar-refractivity contribution in [1.82, 2.24) is 0 Å². The van der Waals surface area contributed by atoms with E-state index < -0.39 is 0 Å². The summed E-state index contributed by atoms with van der Waals surface area (Å²) < 4.78 is 0. The standard InChI is InChI=1S/C13H15NS.C2H6/c1-14(2)12-8-4-7-11-10(12)6-5-9-13(11)15-3;1-2/h4-9H,1-3H3;1-2H3. The molecule has 0 saturated carbocycles. The van der Waals surface area contributed by atoms with Gasteiger partial charge in [0.25, 0.3) is 0 Å². The molecular formula is C15H21NS. The van der Waals surface area contributed by atoms with Crippen LogP contribution >= 0.6 is 11.8 Å². The minimum absolute atomic E-state index is 1.28. The van der Waals surface area contributed by atoms with Crippen LogP contribution < -0.4 is 4.90 Å². The summed E-state index contributed by atoms with van der Waals surface area (Å²) in [5.41, 5.74) is 1.28. The summed E-state index contributed by atoms with van der Waals surface area (Å²) in [6, 6.07) is 13.0. The first kappa shape index (κ1) is 13.9. The Morgan fingerprint density at radius 2 is 1.47 bits per heavy atom. The summed E-state index contributed by atoms with van der Waals surface area (Å²) in [6.07, 6.45) is 2.12. The molecule has 0 fully saturated rings. The van der Waals surface area contributed by atoms with Gasteiger partial charge in [-0.1, -0.05) is 38.1 Å². The summed E-state index contributed by atoms with van der Waals surface area (Å²) in [4.78, 5) is 3.50. The third-order valence-corrected chi connectivity index (χ3v) is 3.36. The van der Waals surface area contributed by atoms with E-state index in [4.69, 9.17) is 0 Å². The molecule has 0 aliphatic rings. The number of nitrogens with zero attached hydrogens (tertiary/aromatic N) is 1. The van der Waals surface area contributed by atoms with Gasteiger partial charge < -0.3 is 4.90 Å². The van der Waals surface area contributed by atoms with Gasteiger partial charge in [0.2, 0.25) is 0 Å². The van der Waals surface area contributed by atoms with Crippen LogP contribution in [0.3, 0.4) is 0 Å². The van der Waals surface area contributed by atoms with Gasteiger partial charge >= 0.3 is 0 Å². The monoisotopic (exact) mass is 247 g/mol. The average Bonchev–Trinajstić information content (AvgIpc) is 2.39. The molecule has 0 N–H and O–H groups in total. The number of thioether (sulfide) groups is 1. The number of rotatable bonds is 2. The van der Waals surface area contributed by atoms with E-state index in [1.165, 1.54) is 21.4 Å². The van der Waals surface area contributed by atoms with Gasteiger partial charge in [0.1, 0.15) is 0 Å². The van der Waals surface area contributed by atoms with Crippen molar-refractivity contribution in [3.8, 4) is 0 Å². The van der Waals surface area contributed by atoms with Gasteiger partial charge in [-0.3, -0.25) is 0 Å². The summed E-state index contributed by atoms with van der Waals surface area (Å²) in [6.45, 7) is 4.00. The van der Waals surface area contributed by atoms with Gasteiger partial charge in [-0.05, 0) is 23.8 Å². The van der Waals surface area contributed by atoms with E-state index in [1.54, 1.807) is 11.8 Å². The second-order valence-electron chi connectivity index (χ2n) is 3.73. The predicted molar refractivity (Wildman–Crippen MR) is 81.4 cm³/mol. The number of fused-ring (bicyclic) bond motifs is 1. The van der Waals surface area contributed by atoms with Crippen LogP contribution in [0.4, 0.5) is 5.69 Å². The number of anilines is 1. The van der Waals surface area contributed by atoms with E-state index in [0.29, 0.717) is 0 Å². The fourth-order valence-electron chi connectivity index (χ4n) is 1.83. The van der Waals surface area contributed by atoms with Crippen molar-refractivity contribution in [3.63, 3.8) is 0 Å². The van der Waals surface area contributed by atoms with Crippen molar-refractivity contribution in [1.29, 1.82) is 0 Å². The lowest BCUT2D eigenvalue weighted by Gasteiger charge is -2.16. The fourth-order valence-corrected chi connectivity index (χ4v) is 2.45. The number of hydrogen-bond donors (Lipinski definition) is 0. The van der Waals surface area contributed by atoms with Gasteiger partial charge in [-0.2, -0.15) is 0 Å². The maximum atomic E-state index is 2.19. The summed E-state index contributed by atoms with van der Waals surface area (Å²) in [5.74, 6) is 0. The molecule has 0 unspecified atom stereocenters. The average molecular weight is 247 g/mol. The van der Waals surface area contributed by atoms with Crippen LogP contribution in [0, 0.1) is 0 Å². The second kappa shape index (κ2) is 6.55. The maximum absolute atomic E-state index is 2.19. The first-order valence-electron chi connectivity index (χ1n) is 5.97. The summed E-state index contributed by atoms with van der Waals surface area (Å²) >= 11 is 1.80. The van der Waals surface area contributed by atoms with Gasteiger partial charge in [-0.15, -0.1) is 11.8 Å². The van der Waals surface area contributed by atoms with E-state index >= 15 is 0 Å². The van der Waals surface area contributed by atoms with E-state index in [0.717, 1.165) is 0 Å². The fraction of sp³-hybridized carbons (Fsp3) is 0.333. The molecule has 2 rings (SSSR count). The van der Waals surface area contributed by atoms with Crippen molar-refractivity contribution >= 4 is 28.2 Å². The molecule has 0 atom stereocenters. The van der Waals surface area contributed by atoms with Gasteiger partial charge in [0, 0.05) is 30.1 Å². The largest absolute Gasteiger partial charge is 0.377 e. The molecule has 0 spiro atoms. The molecule has 92 valence electrons. The lowest BCUT2D eigenvalue weighted by molar-refractivity contribution is 1.14. The molecule has 1 nitrogen and oxygen atoms in total. The highest BCUT2D eigenvalue weighted by molar-refractivity contribution is 7.98. The second-order valence-corrected chi connectivity index (χ2v) is 4.58. The highest BCUT2D eigenvalue weighted by atomic mass is 32.2. The van der Waals surface area contributed by atoms with E-state index in [-0.39, 0.29) is 0 Å². The third kappa shape index (κ3) is 2.95. The van der Waals surface area contributed by atoms with E-state index in [9.17, 15) is 0 Å². The van der Waals surface area contributed by atoms with Crippen LogP contribution in [0.5, 0.6) is 0 Å². The molecule has 0 amide bonds. The Kier molecular flexibility index (Phi) is 5.36. The van der Waals surface area contributed by atoms with E-state index in [1.807, 2.05) is 13.8 Å². The summed E-state index contributed by atoms with van der Waals surface area (Å²) in [5, 5.41) is 2.67. The van der Waals surface area contributed by atoms with Crippen LogP contribution in [0.15, 0.2) is 41.3 Å². The Labute approximate surface area is 109 Å². The molecule has 0 aliphatic carbocycles. The first-order chi connectivity index (χ1) is 8.24. The molecule has 0 heterocycles. The smallest absolute Gasteiger partial charge is 0.0441 e. The Bertz CT molecular complexity index is 477. The van der Waals surface area contributed by atoms with Crippen molar-refractivity contribution in [2.75, 3.05) is 25.3 Å². The zero-order chi connectivity index (χ0) is 12.8. The Balaban J connectivity index is 0.000000686. The first-order valence-corrected chi connectivity index (χ1v) is 7.19. The quantitative estimate of drug-likeness (QED) is 0.710. The highest BCUT2D eigenvalue weighted by Gasteiger charge is 2.04. The maximum Gasteiger partial charge on any atom is 0.0441 e. The van der Waals surface area contributed by atoms with Crippen LogP contribution in [0.1, 0.15) is 13.8 Å². The molecule has 2 heteroatoms. The molecule has 0 bridgehead atoms. The zero-order valence-electron chi connectivity index (χ0n) is 11.3. The molecule has 0 radical (unpaired) electrons. The lowest BCUT2D eigenvalue weighted by atomic mass is 10.1. The topological polar surface area (TPSA) is 3.24 Å². The van der Waals surface area contributed by atoms with Crippen molar-refractivity contribution in [2.24, 2.45) is 0 Å².